The lowest BCUT2D eigenvalue weighted by atomic mass is 10.00. The van der Waals surface area contributed by atoms with Crippen molar-refractivity contribution in [1.82, 2.24) is 20.4 Å². The number of aromatic nitrogens is 2. The second-order valence-electron chi connectivity index (χ2n) is 6.10. The van der Waals surface area contributed by atoms with Crippen LogP contribution in [0.2, 0.25) is 0 Å². The highest BCUT2D eigenvalue weighted by molar-refractivity contribution is 8.01. The van der Waals surface area contributed by atoms with Gasteiger partial charge in [-0.2, -0.15) is 0 Å². The fourth-order valence-corrected chi connectivity index (χ4v) is 4.55. The van der Waals surface area contributed by atoms with E-state index in [4.69, 9.17) is 0 Å². The molecule has 7 heteroatoms. The molecule has 1 aromatic carbocycles. The van der Waals surface area contributed by atoms with Crippen LogP contribution in [-0.2, 0) is 17.8 Å². The van der Waals surface area contributed by atoms with E-state index in [0.717, 1.165) is 35.4 Å². The fourth-order valence-electron chi connectivity index (χ4n) is 2.92. The second-order valence-corrected chi connectivity index (χ2v) is 8.50. The molecule has 0 unspecified atom stereocenters. The topological polar surface area (TPSA) is 58.1 Å². The van der Waals surface area contributed by atoms with Crippen molar-refractivity contribution in [1.29, 1.82) is 0 Å². The smallest absolute Gasteiger partial charge is 0.230 e. The van der Waals surface area contributed by atoms with Crippen molar-refractivity contribution in [2.45, 2.75) is 37.2 Å². The van der Waals surface area contributed by atoms with Crippen molar-refractivity contribution in [3.63, 3.8) is 0 Å². The third-order valence-electron chi connectivity index (χ3n) is 3.98. The van der Waals surface area contributed by atoms with E-state index in [9.17, 15) is 4.79 Å². The third kappa shape index (κ3) is 4.78. The van der Waals surface area contributed by atoms with Crippen LogP contribution in [0.3, 0.4) is 0 Å². The summed E-state index contributed by atoms with van der Waals surface area (Å²) in [6.45, 7) is 6.88. The standard InChI is InChI=1S/C17H22N4OS2/c1-12(18-16(22)11-23-17-20-19-13(2)24-17)9-21-8-7-14-5-3-4-6-15(14)10-21/h3-6,12H,7-11H2,1-2H3,(H,18,22)/t12-/m0/s1. The highest BCUT2D eigenvalue weighted by Crippen LogP contribution is 2.21. The summed E-state index contributed by atoms with van der Waals surface area (Å²) < 4.78 is 0.850. The number of thioether (sulfide) groups is 1. The number of rotatable bonds is 6. The van der Waals surface area contributed by atoms with E-state index in [-0.39, 0.29) is 11.9 Å². The first kappa shape index (κ1) is 17.4. The first-order chi connectivity index (χ1) is 11.6. The van der Waals surface area contributed by atoms with Crippen molar-refractivity contribution in [3.05, 3.63) is 40.4 Å². The maximum absolute atomic E-state index is 12.1. The molecule has 0 spiro atoms. The van der Waals surface area contributed by atoms with Gasteiger partial charge in [0.15, 0.2) is 4.34 Å². The van der Waals surface area contributed by atoms with Gasteiger partial charge in [0, 0.05) is 25.7 Å². The van der Waals surface area contributed by atoms with Crippen LogP contribution < -0.4 is 5.32 Å². The van der Waals surface area contributed by atoms with E-state index in [1.165, 1.54) is 34.2 Å². The lowest BCUT2D eigenvalue weighted by Crippen LogP contribution is -2.44. The van der Waals surface area contributed by atoms with Crippen LogP contribution >= 0.6 is 23.1 Å². The summed E-state index contributed by atoms with van der Waals surface area (Å²) >= 11 is 2.97. The molecule has 1 aliphatic heterocycles. The van der Waals surface area contributed by atoms with Crippen molar-refractivity contribution in [2.75, 3.05) is 18.8 Å². The van der Waals surface area contributed by atoms with E-state index in [0.29, 0.717) is 5.75 Å². The number of aryl methyl sites for hydroxylation is 1. The monoisotopic (exact) mass is 362 g/mol. The zero-order chi connectivity index (χ0) is 16.9. The minimum atomic E-state index is 0.0535. The molecule has 1 aliphatic rings. The van der Waals surface area contributed by atoms with Gasteiger partial charge in [0.05, 0.1) is 5.75 Å². The molecule has 1 atom stereocenters. The van der Waals surface area contributed by atoms with Gasteiger partial charge in [-0.15, -0.1) is 10.2 Å². The van der Waals surface area contributed by atoms with Gasteiger partial charge in [-0.05, 0) is 31.4 Å². The maximum Gasteiger partial charge on any atom is 0.230 e. The normalized spacial score (nSPS) is 15.8. The molecule has 1 aromatic heterocycles. The number of carbonyl (C=O) groups is 1. The fraction of sp³-hybridized carbons (Fsp3) is 0.471. The molecule has 2 heterocycles. The summed E-state index contributed by atoms with van der Waals surface area (Å²) in [6.07, 6.45) is 1.09. The molecule has 3 rings (SSSR count). The Labute approximate surface area is 150 Å². The Balaban J connectivity index is 1.42. The van der Waals surface area contributed by atoms with Crippen molar-refractivity contribution in [2.24, 2.45) is 0 Å². The number of benzene rings is 1. The first-order valence-electron chi connectivity index (χ1n) is 8.11. The number of carbonyl (C=O) groups excluding carboxylic acids is 1. The lowest BCUT2D eigenvalue weighted by molar-refractivity contribution is -0.119. The van der Waals surface area contributed by atoms with Gasteiger partial charge >= 0.3 is 0 Å². The molecule has 1 N–H and O–H groups in total. The maximum atomic E-state index is 12.1. The minimum Gasteiger partial charge on any atom is -0.352 e. The van der Waals surface area contributed by atoms with Crippen molar-refractivity contribution < 1.29 is 4.79 Å². The third-order valence-corrected chi connectivity index (χ3v) is 5.96. The lowest BCUT2D eigenvalue weighted by Gasteiger charge is -2.31. The zero-order valence-corrected chi connectivity index (χ0v) is 15.6. The van der Waals surface area contributed by atoms with Gasteiger partial charge < -0.3 is 5.32 Å². The van der Waals surface area contributed by atoms with Crippen LogP contribution in [0.4, 0.5) is 0 Å². The number of nitrogens with one attached hydrogen (secondary N) is 1. The van der Waals surface area contributed by atoms with Crippen LogP contribution in [0, 0.1) is 6.92 Å². The summed E-state index contributed by atoms with van der Waals surface area (Å²) in [5.74, 6) is 0.444. The Morgan fingerprint density at radius 1 is 1.38 bits per heavy atom. The van der Waals surface area contributed by atoms with Gasteiger partial charge in [0.25, 0.3) is 0 Å². The number of hydrogen-bond acceptors (Lipinski definition) is 6. The van der Waals surface area contributed by atoms with E-state index in [2.05, 4.69) is 51.6 Å². The van der Waals surface area contributed by atoms with E-state index >= 15 is 0 Å². The molecular formula is C17H22N4OS2. The average Bonchev–Trinajstić information content (AvgIpc) is 2.98. The summed E-state index contributed by atoms with van der Waals surface area (Å²) in [5.41, 5.74) is 2.86. The zero-order valence-electron chi connectivity index (χ0n) is 14.0. The molecule has 24 heavy (non-hydrogen) atoms. The summed E-state index contributed by atoms with van der Waals surface area (Å²) in [5, 5.41) is 12.0. The summed E-state index contributed by atoms with van der Waals surface area (Å²) in [7, 11) is 0. The van der Waals surface area contributed by atoms with E-state index < -0.39 is 0 Å². The number of amides is 1. The molecule has 0 bridgehead atoms. The van der Waals surface area contributed by atoms with Crippen LogP contribution in [0.25, 0.3) is 0 Å². The van der Waals surface area contributed by atoms with Gasteiger partial charge in [0.2, 0.25) is 5.91 Å². The van der Waals surface area contributed by atoms with Gasteiger partial charge in [-0.25, -0.2) is 0 Å². The Kier molecular flexibility index (Phi) is 5.86. The van der Waals surface area contributed by atoms with Crippen molar-refractivity contribution >= 4 is 29.0 Å². The molecule has 0 radical (unpaired) electrons. The number of fused-ring (bicyclic) bond motifs is 1. The van der Waals surface area contributed by atoms with Crippen LogP contribution in [0.1, 0.15) is 23.1 Å². The Morgan fingerprint density at radius 2 is 2.17 bits per heavy atom. The van der Waals surface area contributed by atoms with Gasteiger partial charge in [-0.1, -0.05) is 47.4 Å². The second kappa shape index (κ2) is 8.09. The predicted octanol–water partition coefficient (Wildman–Crippen LogP) is 2.50. The van der Waals surface area contributed by atoms with E-state index in [1.807, 2.05) is 6.92 Å². The molecule has 0 saturated carbocycles. The van der Waals surface area contributed by atoms with Crippen LogP contribution in [0.5, 0.6) is 0 Å². The van der Waals surface area contributed by atoms with Crippen LogP contribution in [-0.4, -0.2) is 45.9 Å². The summed E-state index contributed by atoms with van der Waals surface area (Å²) in [6, 6.07) is 8.75. The highest BCUT2D eigenvalue weighted by atomic mass is 32.2. The molecule has 1 amide bonds. The molecule has 0 fully saturated rings. The SMILES string of the molecule is Cc1nnc(SCC(=O)N[C@@H](C)CN2CCc3ccccc3C2)s1. The average molecular weight is 363 g/mol. The molecule has 0 aliphatic carbocycles. The Morgan fingerprint density at radius 3 is 2.92 bits per heavy atom. The largest absolute Gasteiger partial charge is 0.352 e. The number of hydrogen-bond donors (Lipinski definition) is 1. The van der Waals surface area contributed by atoms with Crippen molar-refractivity contribution in [3.8, 4) is 0 Å². The molecule has 5 nitrogen and oxygen atoms in total. The highest BCUT2D eigenvalue weighted by Gasteiger charge is 2.18. The number of nitrogens with zero attached hydrogens (tertiary/aromatic N) is 3. The Hall–Kier alpha value is -1.44. The molecular weight excluding hydrogens is 340 g/mol. The molecule has 2 aromatic rings. The predicted molar refractivity (Wildman–Crippen MR) is 98.4 cm³/mol. The summed E-state index contributed by atoms with van der Waals surface area (Å²) in [4.78, 5) is 14.5. The molecule has 0 saturated heterocycles. The van der Waals surface area contributed by atoms with E-state index in [1.54, 1.807) is 0 Å². The minimum absolute atomic E-state index is 0.0535. The van der Waals surface area contributed by atoms with Gasteiger partial charge in [0.1, 0.15) is 5.01 Å². The molecule has 128 valence electrons. The van der Waals surface area contributed by atoms with Crippen LogP contribution in [0.15, 0.2) is 28.6 Å². The quantitative estimate of drug-likeness (QED) is 0.800. The first-order valence-corrected chi connectivity index (χ1v) is 9.92. The Bertz CT molecular complexity index is 703. The van der Waals surface area contributed by atoms with Gasteiger partial charge in [-0.3, -0.25) is 9.69 Å².